The minimum absolute atomic E-state index is 0.0343. The monoisotopic (exact) mass is 452 g/mol. The number of anilines is 2. The van der Waals surface area contributed by atoms with E-state index in [4.69, 9.17) is 16.3 Å². The number of nitrogens with zero attached hydrogens (tertiary/aromatic N) is 2. The first kappa shape index (κ1) is 17.7. The van der Waals surface area contributed by atoms with Crippen molar-refractivity contribution in [2.45, 2.75) is 4.90 Å². The topological polar surface area (TPSA) is 49.9 Å². The van der Waals surface area contributed by atoms with E-state index in [-0.39, 0.29) is 25.0 Å². The van der Waals surface area contributed by atoms with Gasteiger partial charge in [-0.2, -0.15) is 0 Å². The zero-order chi connectivity index (χ0) is 18.3. The van der Waals surface area contributed by atoms with Crippen molar-refractivity contribution < 1.29 is 14.3 Å². The van der Waals surface area contributed by atoms with E-state index in [1.54, 1.807) is 34.9 Å². The summed E-state index contributed by atoms with van der Waals surface area (Å²) in [5.74, 6) is 1.02. The van der Waals surface area contributed by atoms with Crippen molar-refractivity contribution in [1.82, 2.24) is 0 Å². The van der Waals surface area contributed by atoms with Gasteiger partial charge in [-0.25, -0.2) is 0 Å². The molecule has 5 nitrogen and oxygen atoms in total. The molecular formula is C18H14BrClN2O3S. The van der Waals surface area contributed by atoms with Gasteiger partial charge in [0.15, 0.2) is 6.61 Å². The summed E-state index contributed by atoms with van der Waals surface area (Å²) < 4.78 is 6.33. The fourth-order valence-corrected chi connectivity index (χ4v) is 4.50. The van der Waals surface area contributed by atoms with Crippen molar-refractivity contribution in [1.29, 1.82) is 0 Å². The Bertz CT molecular complexity index is 908. The molecule has 2 aromatic carbocycles. The predicted molar refractivity (Wildman–Crippen MR) is 107 cm³/mol. The molecule has 0 aromatic heterocycles. The average molecular weight is 454 g/mol. The first-order valence-corrected chi connectivity index (χ1v) is 10.1. The van der Waals surface area contributed by atoms with Crippen molar-refractivity contribution in [3.63, 3.8) is 0 Å². The normalized spacial score (nSPS) is 16.0. The molecule has 4 rings (SSSR count). The molecule has 8 heteroatoms. The van der Waals surface area contributed by atoms with Crippen LogP contribution in [-0.2, 0) is 9.59 Å². The molecule has 0 N–H and O–H groups in total. The van der Waals surface area contributed by atoms with Crippen LogP contribution in [0.15, 0.2) is 45.8 Å². The van der Waals surface area contributed by atoms with E-state index in [1.165, 1.54) is 4.90 Å². The number of hydrogen-bond acceptors (Lipinski definition) is 4. The predicted octanol–water partition coefficient (Wildman–Crippen LogP) is 3.97. The summed E-state index contributed by atoms with van der Waals surface area (Å²) in [6.07, 6.45) is 0. The van der Waals surface area contributed by atoms with E-state index in [0.29, 0.717) is 23.0 Å². The van der Waals surface area contributed by atoms with Crippen molar-refractivity contribution in [3.05, 3.63) is 45.9 Å². The number of fused-ring (bicyclic) bond motifs is 2. The third-order valence-corrected chi connectivity index (χ3v) is 6.01. The van der Waals surface area contributed by atoms with Gasteiger partial charge in [0.2, 0.25) is 5.91 Å². The molecule has 0 bridgehead atoms. The lowest BCUT2D eigenvalue weighted by Gasteiger charge is -2.33. The standard InChI is InChI=1S/C18H14BrClN2O3S/c19-11-1-3-13-15(7-11)25-10-18(24)22(13)9-17(23)21-5-6-26-16-4-2-12(20)8-14(16)21/h1-4,7-8H,5-6,9-10H2. The van der Waals surface area contributed by atoms with Crippen LogP contribution in [0.1, 0.15) is 0 Å². The third kappa shape index (κ3) is 3.31. The van der Waals surface area contributed by atoms with Crippen molar-refractivity contribution in [2.24, 2.45) is 0 Å². The average Bonchev–Trinajstić information content (AvgIpc) is 2.63. The van der Waals surface area contributed by atoms with Gasteiger partial charge in [0, 0.05) is 26.7 Å². The highest BCUT2D eigenvalue weighted by atomic mass is 79.9. The second-order valence-electron chi connectivity index (χ2n) is 5.89. The van der Waals surface area contributed by atoms with Gasteiger partial charge in [-0.3, -0.25) is 14.5 Å². The number of benzene rings is 2. The Morgan fingerprint density at radius 2 is 2.08 bits per heavy atom. The zero-order valence-corrected chi connectivity index (χ0v) is 16.7. The van der Waals surface area contributed by atoms with Crippen molar-refractivity contribution in [2.75, 3.05) is 35.2 Å². The maximum Gasteiger partial charge on any atom is 0.265 e. The van der Waals surface area contributed by atoms with Gasteiger partial charge in [0.1, 0.15) is 12.3 Å². The highest BCUT2D eigenvalue weighted by Crippen LogP contribution is 2.38. The molecule has 0 saturated carbocycles. The van der Waals surface area contributed by atoms with Crippen LogP contribution in [-0.4, -0.2) is 37.3 Å². The Balaban J connectivity index is 1.62. The lowest BCUT2D eigenvalue weighted by Crippen LogP contribution is -2.47. The van der Waals surface area contributed by atoms with E-state index in [0.717, 1.165) is 20.8 Å². The zero-order valence-electron chi connectivity index (χ0n) is 13.6. The van der Waals surface area contributed by atoms with Crippen LogP contribution in [0.2, 0.25) is 5.02 Å². The Labute approximate surface area is 168 Å². The van der Waals surface area contributed by atoms with Gasteiger partial charge in [-0.05, 0) is 36.4 Å². The van der Waals surface area contributed by atoms with Gasteiger partial charge < -0.3 is 9.64 Å². The number of rotatable bonds is 2. The van der Waals surface area contributed by atoms with Gasteiger partial charge in [0.05, 0.1) is 11.4 Å². The van der Waals surface area contributed by atoms with Crippen LogP contribution < -0.4 is 14.5 Å². The van der Waals surface area contributed by atoms with Crippen LogP contribution in [0.4, 0.5) is 11.4 Å². The molecule has 2 aliphatic heterocycles. The molecule has 0 atom stereocenters. The molecule has 2 amide bonds. The molecule has 0 unspecified atom stereocenters. The minimum atomic E-state index is -0.231. The molecule has 0 radical (unpaired) electrons. The molecular weight excluding hydrogens is 440 g/mol. The van der Waals surface area contributed by atoms with E-state index >= 15 is 0 Å². The smallest absolute Gasteiger partial charge is 0.265 e. The molecule has 2 aromatic rings. The number of halogens is 2. The van der Waals surface area contributed by atoms with Gasteiger partial charge in [-0.1, -0.05) is 27.5 Å². The summed E-state index contributed by atoms with van der Waals surface area (Å²) in [4.78, 5) is 29.6. The first-order valence-electron chi connectivity index (χ1n) is 7.98. The quantitative estimate of drug-likeness (QED) is 0.690. The van der Waals surface area contributed by atoms with Crippen molar-refractivity contribution >= 4 is 62.5 Å². The van der Waals surface area contributed by atoms with Crippen LogP contribution in [0, 0.1) is 0 Å². The molecule has 2 aliphatic rings. The van der Waals surface area contributed by atoms with Crippen LogP contribution in [0.25, 0.3) is 0 Å². The van der Waals surface area contributed by atoms with E-state index in [1.807, 2.05) is 18.2 Å². The summed E-state index contributed by atoms with van der Waals surface area (Å²) >= 11 is 11.2. The fraction of sp³-hybridized carbons (Fsp3) is 0.222. The second kappa shape index (κ2) is 7.13. The summed E-state index contributed by atoms with van der Waals surface area (Å²) in [6, 6.07) is 10.9. The molecule has 0 spiro atoms. The Hall–Kier alpha value is -1.70. The molecule has 134 valence electrons. The maximum absolute atomic E-state index is 13.0. The molecule has 26 heavy (non-hydrogen) atoms. The van der Waals surface area contributed by atoms with Crippen molar-refractivity contribution in [3.8, 4) is 5.75 Å². The van der Waals surface area contributed by atoms with E-state index in [9.17, 15) is 9.59 Å². The lowest BCUT2D eigenvalue weighted by atomic mass is 10.2. The number of carbonyl (C=O) groups is 2. The van der Waals surface area contributed by atoms with Crippen LogP contribution in [0.3, 0.4) is 0 Å². The van der Waals surface area contributed by atoms with Gasteiger partial charge in [0.25, 0.3) is 5.91 Å². The summed E-state index contributed by atoms with van der Waals surface area (Å²) in [6.45, 7) is 0.477. The number of thioether (sulfide) groups is 1. The highest BCUT2D eigenvalue weighted by Gasteiger charge is 2.31. The Morgan fingerprint density at radius 3 is 2.92 bits per heavy atom. The van der Waals surface area contributed by atoms with Gasteiger partial charge >= 0.3 is 0 Å². The Morgan fingerprint density at radius 1 is 1.23 bits per heavy atom. The first-order chi connectivity index (χ1) is 12.5. The SMILES string of the molecule is O=C1COc2cc(Br)ccc2N1CC(=O)N1CCSc2ccc(Cl)cc21. The van der Waals surface area contributed by atoms with Crippen LogP contribution in [0.5, 0.6) is 5.75 Å². The molecule has 2 heterocycles. The fourth-order valence-electron chi connectivity index (χ4n) is 3.02. The highest BCUT2D eigenvalue weighted by molar-refractivity contribution is 9.10. The second-order valence-corrected chi connectivity index (χ2v) is 8.38. The van der Waals surface area contributed by atoms with Crippen LogP contribution >= 0.6 is 39.3 Å². The third-order valence-electron chi connectivity index (χ3n) is 4.24. The van der Waals surface area contributed by atoms with E-state index in [2.05, 4.69) is 15.9 Å². The summed E-state index contributed by atoms with van der Waals surface area (Å²) in [5, 5.41) is 0.585. The maximum atomic E-state index is 13.0. The summed E-state index contributed by atoms with van der Waals surface area (Å²) in [5.41, 5.74) is 1.41. The molecule has 0 fully saturated rings. The van der Waals surface area contributed by atoms with E-state index < -0.39 is 0 Å². The summed E-state index contributed by atoms with van der Waals surface area (Å²) in [7, 11) is 0. The number of amides is 2. The molecule has 0 saturated heterocycles. The number of carbonyl (C=O) groups excluding carboxylic acids is 2. The largest absolute Gasteiger partial charge is 0.482 e. The number of hydrogen-bond donors (Lipinski definition) is 0. The lowest BCUT2D eigenvalue weighted by molar-refractivity contribution is -0.124. The van der Waals surface area contributed by atoms with Gasteiger partial charge in [-0.15, -0.1) is 11.8 Å². The minimum Gasteiger partial charge on any atom is -0.482 e. The Kier molecular flexibility index (Phi) is 4.86. The number of ether oxygens (including phenoxy) is 1. The molecule has 0 aliphatic carbocycles.